The van der Waals surface area contributed by atoms with Gasteiger partial charge >= 0.3 is 6.03 Å². The number of hydrogen-bond donors (Lipinski definition) is 1. The molecule has 8 nitrogen and oxygen atoms in total. The molecule has 3 rings (SSSR count). The topological polar surface area (TPSA) is 94.2 Å². The number of carbonyl (C=O) groups excluding carboxylic acids is 3. The van der Waals surface area contributed by atoms with Gasteiger partial charge in [0.1, 0.15) is 22.8 Å². The molecule has 1 heterocycles. The van der Waals surface area contributed by atoms with Crippen LogP contribution in [0.4, 0.5) is 10.5 Å². The third kappa shape index (κ3) is 3.39. The lowest BCUT2D eigenvalue weighted by atomic mass is 10.1. The number of amides is 4. The smallest absolute Gasteiger partial charge is 0.336 e. The molecule has 0 saturated carbocycles. The number of rotatable bonds is 5. The third-order valence-corrected chi connectivity index (χ3v) is 4.17. The highest BCUT2D eigenvalue weighted by atomic mass is 16.5. The van der Waals surface area contributed by atoms with Crippen molar-refractivity contribution < 1.29 is 28.6 Å². The van der Waals surface area contributed by atoms with E-state index < -0.39 is 17.8 Å². The van der Waals surface area contributed by atoms with Crippen molar-refractivity contribution in [3.8, 4) is 17.2 Å². The van der Waals surface area contributed by atoms with Gasteiger partial charge in [0.15, 0.2) is 0 Å². The summed E-state index contributed by atoms with van der Waals surface area (Å²) in [6.07, 6.45) is 1.38. The molecule has 0 aliphatic carbocycles. The second kappa shape index (κ2) is 7.83. The number of nitrogens with zero attached hydrogens (tertiary/aromatic N) is 1. The van der Waals surface area contributed by atoms with Crippen LogP contribution in [0.5, 0.6) is 17.2 Å². The van der Waals surface area contributed by atoms with Crippen molar-refractivity contribution >= 4 is 29.6 Å². The van der Waals surface area contributed by atoms with Crippen LogP contribution in [-0.4, -0.2) is 39.2 Å². The van der Waals surface area contributed by atoms with Crippen molar-refractivity contribution in [3.05, 3.63) is 53.6 Å². The summed E-state index contributed by atoms with van der Waals surface area (Å²) >= 11 is 0. The average Bonchev–Trinajstić information content (AvgIpc) is 2.71. The molecule has 0 spiro atoms. The number of carbonyl (C=O) groups is 3. The fourth-order valence-corrected chi connectivity index (χ4v) is 2.79. The number of benzene rings is 2. The monoisotopic (exact) mass is 382 g/mol. The second-order valence-electron chi connectivity index (χ2n) is 5.74. The summed E-state index contributed by atoms with van der Waals surface area (Å²) in [6.45, 7) is 0. The molecule has 1 N–H and O–H groups in total. The van der Waals surface area contributed by atoms with Crippen molar-refractivity contribution in [3.63, 3.8) is 0 Å². The lowest BCUT2D eigenvalue weighted by Crippen LogP contribution is -2.54. The first-order valence-electron chi connectivity index (χ1n) is 8.26. The molecular formula is C20H18N2O6. The molecular weight excluding hydrogens is 364 g/mol. The summed E-state index contributed by atoms with van der Waals surface area (Å²) in [7, 11) is 4.35. The van der Waals surface area contributed by atoms with E-state index in [0.29, 0.717) is 17.1 Å². The highest BCUT2D eigenvalue weighted by Gasteiger charge is 2.38. The molecule has 0 aromatic heterocycles. The van der Waals surface area contributed by atoms with Gasteiger partial charge in [-0.25, -0.2) is 9.69 Å². The Morgan fingerprint density at radius 2 is 1.61 bits per heavy atom. The third-order valence-electron chi connectivity index (χ3n) is 4.17. The summed E-state index contributed by atoms with van der Waals surface area (Å²) in [5, 5.41) is 2.18. The average molecular weight is 382 g/mol. The van der Waals surface area contributed by atoms with Gasteiger partial charge in [-0.2, -0.15) is 0 Å². The first-order valence-corrected chi connectivity index (χ1v) is 8.26. The van der Waals surface area contributed by atoms with Crippen molar-refractivity contribution in [1.82, 2.24) is 5.32 Å². The zero-order valence-corrected chi connectivity index (χ0v) is 15.5. The van der Waals surface area contributed by atoms with E-state index in [1.165, 1.54) is 33.5 Å². The van der Waals surface area contributed by atoms with Gasteiger partial charge in [0.05, 0.1) is 27.0 Å². The van der Waals surface area contributed by atoms with Crippen molar-refractivity contribution in [1.29, 1.82) is 0 Å². The molecule has 0 atom stereocenters. The Morgan fingerprint density at radius 3 is 2.29 bits per heavy atom. The molecule has 2 aromatic carbocycles. The number of ether oxygens (including phenoxy) is 3. The number of barbiturate groups is 1. The number of methoxy groups -OCH3 is 3. The predicted octanol–water partition coefficient (Wildman–Crippen LogP) is 2.38. The fourth-order valence-electron chi connectivity index (χ4n) is 2.79. The predicted molar refractivity (Wildman–Crippen MR) is 102 cm³/mol. The minimum Gasteiger partial charge on any atom is -0.497 e. The zero-order valence-electron chi connectivity index (χ0n) is 15.5. The molecule has 2 aromatic rings. The summed E-state index contributed by atoms with van der Waals surface area (Å²) < 4.78 is 15.7. The number of anilines is 1. The standard InChI is InChI=1S/C20H18N2O6/c1-26-13-8-9-17(28-3)15(11-13)22-19(24)14(18(23)21-20(22)25)10-12-6-4-5-7-16(12)27-2/h4-11H,1-3H3,(H,21,23,25). The molecule has 0 radical (unpaired) electrons. The normalized spacial score (nSPS) is 15.5. The highest BCUT2D eigenvalue weighted by molar-refractivity contribution is 6.39. The van der Waals surface area contributed by atoms with Gasteiger partial charge in [-0.05, 0) is 24.3 Å². The van der Waals surface area contributed by atoms with Gasteiger partial charge in [0.2, 0.25) is 0 Å². The van der Waals surface area contributed by atoms with E-state index in [0.717, 1.165) is 4.90 Å². The van der Waals surface area contributed by atoms with Gasteiger partial charge in [0, 0.05) is 11.6 Å². The van der Waals surface area contributed by atoms with E-state index in [4.69, 9.17) is 14.2 Å². The van der Waals surface area contributed by atoms with Gasteiger partial charge in [-0.15, -0.1) is 0 Å². The largest absolute Gasteiger partial charge is 0.497 e. The molecule has 8 heteroatoms. The highest BCUT2D eigenvalue weighted by Crippen LogP contribution is 2.34. The second-order valence-corrected chi connectivity index (χ2v) is 5.74. The van der Waals surface area contributed by atoms with Crippen LogP contribution in [0.15, 0.2) is 48.0 Å². The van der Waals surface area contributed by atoms with Crippen LogP contribution in [0.3, 0.4) is 0 Å². The van der Waals surface area contributed by atoms with Crippen LogP contribution in [0, 0.1) is 0 Å². The molecule has 0 unspecified atom stereocenters. The van der Waals surface area contributed by atoms with Crippen molar-refractivity contribution in [2.45, 2.75) is 0 Å². The Balaban J connectivity index is 2.10. The van der Waals surface area contributed by atoms with Gasteiger partial charge < -0.3 is 14.2 Å². The molecule has 4 amide bonds. The maximum atomic E-state index is 13.1. The minimum absolute atomic E-state index is 0.155. The molecule has 28 heavy (non-hydrogen) atoms. The number of urea groups is 1. The minimum atomic E-state index is -0.876. The summed E-state index contributed by atoms with van der Waals surface area (Å²) in [5.41, 5.74) is 0.465. The number of imide groups is 2. The number of nitrogens with one attached hydrogen (secondary N) is 1. The summed E-state index contributed by atoms with van der Waals surface area (Å²) in [5.74, 6) is -0.401. The fraction of sp³-hybridized carbons (Fsp3) is 0.150. The van der Waals surface area contributed by atoms with E-state index in [-0.39, 0.29) is 17.0 Å². The first-order chi connectivity index (χ1) is 13.5. The Morgan fingerprint density at radius 1 is 0.893 bits per heavy atom. The van der Waals surface area contributed by atoms with E-state index in [9.17, 15) is 14.4 Å². The van der Waals surface area contributed by atoms with Gasteiger partial charge in [-0.1, -0.05) is 18.2 Å². The Labute approximate surface area is 161 Å². The molecule has 1 fully saturated rings. The van der Waals surface area contributed by atoms with Gasteiger partial charge in [0.25, 0.3) is 11.8 Å². The van der Waals surface area contributed by atoms with Gasteiger partial charge in [-0.3, -0.25) is 14.9 Å². The van der Waals surface area contributed by atoms with Crippen LogP contribution in [-0.2, 0) is 9.59 Å². The SMILES string of the molecule is COc1ccc(OC)c(N2C(=O)NC(=O)C(=Cc3ccccc3OC)C2=O)c1. The molecule has 1 aliphatic rings. The van der Waals surface area contributed by atoms with Crippen molar-refractivity contribution in [2.24, 2.45) is 0 Å². The van der Waals surface area contributed by atoms with E-state index in [1.807, 2.05) is 0 Å². The van der Waals surface area contributed by atoms with Crippen LogP contribution < -0.4 is 24.4 Å². The lowest BCUT2D eigenvalue weighted by Gasteiger charge is -2.27. The van der Waals surface area contributed by atoms with E-state index >= 15 is 0 Å². The Hall–Kier alpha value is -3.81. The zero-order chi connectivity index (χ0) is 20.3. The molecule has 1 aliphatic heterocycles. The van der Waals surface area contributed by atoms with Crippen LogP contribution in [0.2, 0.25) is 0 Å². The molecule has 0 bridgehead atoms. The quantitative estimate of drug-likeness (QED) is 0.630. The van der Waals surface area contributed by atoms with Crippen LogP contribution in [0.25, 0.3) is 6.08 Å². The Bertz CT molecular complexity index is 982. The molecule has 1 saturated heterocycles. The maximum Gasteiger partial charge on any atom is 0.336 e. The van der Waals surface area contributed by atoms with Crippen molar-refractivity contribution in [2.75, 3.05) is 26.2 Å². The summed E-state index contributed by atoms with van der Waals surface area (Å²) in [4.78, 5) is 38.7. The van der Waals surface area contributed by atoms with Crippen LogP contribution >= 0.6 is 0 Å². The van der Waals surface area contributed by atoms with E-state index in [1.54, 1.807) is 36.4 Å². The first kappa shape index (κ1) is 19.0. The molecule has 144 valence electrons. The van der Waals surface area contributed by atoms with Crippen LogP contribution in [0.1, 0.15) is 5.56 Å². The maximum absolute atomic E-state index is 13.1. The lowest BCUT2D eigenvalue weighted by molar-refractivity contribution is -0.122. The summed E-state index contributed by atoms with van der Waals surface area (Å²) in [6, 6.07) is 10.7. The van der Waals surface area contributed by atoms with E-state index in [2.05, 4.69) is 5.32 Å². The Kier molecular flexibility index (Phi) is 5.30. The number of para-hydroxylation sites is 1. The number of hydrogen-bond acceptors (Lipinski definition) is 6.